The second-order valence-electron chi connectivity index (χ2n) is 6.15. The van der Waals surface area contributed by atoms with Crippen LogP contribution in [0.25, 0.3) is 0 Å². The van der Waals surface area contributed by atoms with E-state index in [1.807, 2.05) is 24.3 Å². The van der Waals surface area contributed by atoms with Crippen LogP contribution in [0.2, 0.25) is 0 Å². The van der Waals surface area contributed by atoms with Crippen LogP contribution in [-0.4, -0.2) is 33.7 Å². The predicted octanol–water partition coefficient (Wildman–Crippen LogP) is 2.89. The molecule has 0 bridgehead atoms. The van der Waals surface area contributed by atoms with E-state index in [2.05, 4.69) is 25.6 Å². The summed E-state index contributed by atoms with van der Waals surface area (Å²) in [7, 11) is 1.57. The van der Waals surface area contributed by atoms with Gasteiger partial charge >= 0.3 is 0 Å². The zero-order valence-corrected chi connectivity index (χ0v) is 17.1. The number of rotatable bonds is 9. The number of aromatic nitrogens is 3. The van der Waals surface area contributed by atoms with Crippen LogP contribution in [0.5, 0.6) is 5.75 Å². The standard InChI is InChI=1S/C20H21FN6O2S/c1-29-16-5-3-2-4-15(16)24-20-26-17(25-19(22)27-20)11-30-12-18(28)23-10-13-6-8-14(21)9-7-13/h2-9H,10-12H2,1H3,(H,23,28)(H3,22,24,25,26,27). The second kappa shape index (κ2) is 10.4. The summed E-state index contributed by atoms with van der Waals surface area (Å²) in [6, 6.07) is 13.3. The highest BCUT2D eigenvalue weighted by Gasteiger charge is 2.09. The van der Waals surface area contributed by atoms with Crippen molar-refractivity contribution in [3.63, 3.8) is 0 Å². The molecular weight excluding hydrogens is 407 g/mol. The predicted molar refractivity (Wildman–Crippen MR) is 115 cm³/mol. The number of nitrogen functional groups attached to an aromatic ring is 1. The smallest absolute Gasteiger partial charge is 0.232 e. The monoisotopic (exact) mass is 428 g/mol. The van der Waals surface area contributed by atoms with Crippen LogP contribution in [0, 0.1) is 5.82 Å². The van der Waals surface area contributed by atoms with Gasteiger partial charge in [0.1, 0.15) is 17.4 Å². The molecule has 0 aliphatic rings. The van der Waals surface area contributed by atoms with E-state index in [9.17, 15) is 9.18 Å². The largest absolute Gasteiger partial charge is 0.495 e. The zero-order chi connectivity index (χ0) is 21.3. The SMILES string of the molecule is COc1ccccc1Nc1nc(N)nc(CSCC(=O)NCc2ccc(F)cc2)n1. The Morgan fingerprint density at radius 2 is 1.90 bits per heavy atom. The van der Waals surface area contributed by atoms with Crippen molar-refractivity contribution in [1.29, 1.82) is 0 Å². The number of hydrogen-bond donors (Lipinski definition) is 3. The van der Waals surface area contributed by atoms with Crippen molar-refractivity contribution in [2.75, 3.05) is 23.9 Å². The molecule has 0 saturated heterocycles. The van der Waals surface area contributed by atoms with E-state index in [1.165, 1.54) is 23.9 Å². The maximum absolute atomic E-state index is 12.9. The first kappa shape index (κ1) is 21.3. The molecule has 30 heavy (non-hydrogen) atoms. The van der Waals surface area contributed by atoms with E-state index >= 15 is 0 Å². The number of carbonyl (C=O) groups is 1. The summed E-state index contributed by atoms with van der Waals surface area (Å²) >= 11 is 1.35. The fourth-order valence-corrected chi connectivity index (χ4v) is 3.22. The number of thioether (sulfide) groups is 1. The van der Waals surface area contributed by atoms with Crippen molar-refractivity contribution < 1.29 is 13.9 Å². The van der Waals surface area contributed by atoms with E-state index in [-0.39, 0.29) is 23.4 Å². The van der Waals surface area contributed by atoms with E-state index in [0.29, 0.717) is 35.5 Å². The van der Waals surface area contributed by atoms with Gasteiger partial charge in [0.25, 0.3) is 0 Å². The molecule has 0 unspecified atom stereocenters. The lowest BCUT2D eigenvalue weighted by atomic mass is 10.2. The Kier molecular flexibility index (Phi) is 7.39. The average Bonchev–Trinajstić information content (AvgIpc) is 2.73. The summed E-state index contributed by atoms with van der Waals surface area (Å²) in [5, 5.41) is 5.85. The highest BCUT2D eigenvalue weighted by Crippen LogP contribution is 2.25. The maximum Gasteiger partial charge on any atom is 0.232 e. The van der Waals surface area contributed by atoms with Crippen LogP contribution in [0.1, 0.15) is 11.4 Å². The van der Waals surface area contributed by atoms with Gasteiger partial charge in [0.05, 0.1) is 24.3 Å². The van der Waals surface area contributed by atoms with Crippen molar-refractivity contribution >= 4 is 35.3 Å². The van der Waals surface area contributed by atoms with Gasteiger partial charge in [-0.1, -0.05) is 24.3 Å². The molecule has 2 aromatic carbocycles. The van der Waals surface area contributed by atoms with Crippen LogP contribution in [-0.2, 0) is 17.1 Å². The number of ether oxygens (including phenoxy) is 1. The van der Waals surface area contributed by atoms with Gasteiger partial charge in [0, 0.05) is 6.54 Å². The van der Waals surface area contributed by atoms with Gasteiger partial charge in [-0.05, 0) is 29.8 Å². The molecule has 4 N–H and O–H groups in total. The Morgan fingerprint density at radius 1 is 1.13 bits per heavy atom. The minimum absolute atomic E-state index is 0.0822. The zero-order valence-electron chi connectivity index (χ0n) is 16.3. The number of methoxy groups -OCH3 is 1. The summed E-state index contributed by atoms with van der Waals surface area (Å²) in [6.45, 7) is 0.339. The van der Waals surface area contributed by atoms with Crippen LogP contribution in [0.3, 0.4) is 0 Å². The van der Waals surface area contributed by atoms with Crippen molar-refractivity contribution in [1.82, 2.24) is 20.3 Å². The molecule has 0 radical (unpaired) electrons. The van der Waals surface area contributed by atoms with Crippen molar-refractivity contribution in [2.24, 2.45) is 0 Å². The van der Waals surface area contributed by atoms with Gasteiger partial charge in [-0.2, -0.15) is 15.0 Å². The third-order valence-electron chi connectivity index (χ3n) is 3.92. The van der Waals surface area contributed by atoms with Crippen molar-refractivity contribution in [3.8, 4) is 5.75 Å². The van der Waals surface area contributed by atoms with Gasteiger partial charge in [-0.25, -0.2) is 4.39 Å². The van der Waals surface area contributed by atoms with Crippen LogP contribution >= 0.6 is 11.8 Å². The van der Waals surface area contributed by atoms with E-state index < -0.39 is 0 Å². The molecule has 8 nitrogen and oxygen atoms in total. The lowest BCUT2D eigenvalue weighted by molar-refractivity contribution is -0.118. The molecule has 10 heteroatoms. The number of hydrogen-bond acceptors (Lipinski definition) is 8. The molecule has 0 saturated carbocycles. The van der Waals surface area contributed by atoms with Crippen LogP contribution in [0.15, 0.2) is 48.5 Å². The highest BCUT2D eigenvalue weighted by molar-refractivity contribution is 7.99. The lowest BCUT2D eigenvalue weighted by Gasteiger charge is -2.10. The van der Waals surface area contributed by atoms with Gasteiger partial charge in [-0.3, -0.25) is 4.79 Å². The van der Waals surface area contributed by atoms with Gasteiger partial charge in [0.2, 0.25) is 17.8 Å². The Morgan fingerprint density at radius 3 is 2.67 bits per heavy atom. The second-order valence-corrected chi connectivity index (χ2v) is 7.14. The quantitative estimate of drug-likeness (QED) is 0.477. The molecule has 3 aromatic rings. The van der Waals surface area contributed by atoms with Crippen LogP contribution < -0.4 is 21.1 Å². The molecule has 3 rings (SSSR count). The minimum Gasteiger partial charge on any atom is -0.495 e. The van der Waals surface area contributed by atoms with E-state index in [0.717, 1.165) is 5.56 Å². The van der Waals surface area contributed by atoms with Gasteiger partial charge in [0.15, 0.2) is 0 Å². The Labute approximate surface area is 177 Å². The molecule has 1 aromatic heterocycles. The number of amides is 1. The first-order valence-electron chi connectivity index (χ1n) is 9.03. The number of halogens is 1. The number of anilines is 3. The summed E-state index contributed by atoms with van der Waals surface area (Å²) < 4.78 is 18.2. The topological polar surface area (TPSA) is 115 Å². The third-order valence-corrected chi connectivity index (χ3v) is 4.85. The van der Waals surface area contributed by atoms with Gasteiger partial charge < -0.3 is 21.1 Å². The van der Waals surface area contributed by atoms with Crippen molar-refractivity contribution in [2.45, 2.75) is 12.3 Å². The lowest BCUT2D eigenvalue weighted by Crippen LogP contribution is -2.24. The number of nitrogens with two attached hydrogens (primary N) is 1. The average molecular weight is 428 g/mol. The molecule has 0 spiro atoms. The van der Waals surface area contributed by atoms with Gasteiger partial charge in [-0.15, -0.1) is 11.8 Å². The molecule has 156 valence electrons. The first-order chi connectivity index (χ1) is 14.5. The fraction of sp³-hybridized carbons (Fsp3) is 0.200. The summed E-state index contributed by atoms with van der Waals surface area (Å²) in [5.41, 5.74) is 7.31. The Balaban J connectivity index is 1.51. The number of nitrogens with one attached hydrogen (secondary N) is 2. The highest BCUT2D eigenvalue weighted by atomic mass is 32.2. The van der Waals surface area contributed by atoms with Crippen LogP contribution in [0.4, 0.5) is 22.0 Å². The number of nitrogens with zero attached hydrogens (tertiary/aromatic N) is 3. The summed E-state index contributed by atoms with van der Waals surface area (Å²) in [4.78, 5) is 24.6. The Hall–Kier alpha value is -3.40. The normalized spacial score (nSPS) is 10.5. The Bertz CT molecular complexity index is 1000. The summed E-state index contributed by atoms with van der Waals surface area (Å²) in [5.74, 6) is 1.64. The number of para-hydroxylation sites is 2. The number of carbonyl (C=O) groups excluding carboxylic acids is 1. The van der Waals surface area contributed by atoms with E-state index in [1.54, 1.807) is 19.2 Å². The third kappa shape index (κ3) is 6.31. The van der Waals surface area contributed by atoms with E-state index in [4.69, 9.17) is 10.5 Å². The molecule has 0 aliphatic heterocycles. The first-order valence-corrected chi connectivity index (χ1v) is 10.2. The van der Waals surface area contributed by atoms with Crippen molar-refractivity contribution in [3.05, 3.63) is 65.7 Å². The molecule has 0 atom stereocenters. The number of benzene rings is 2. The molecular formula is C20H21FN6O2S. The maximum atomic E-state index is 12.9. The molecule has 0 fully saturated rings. The fourth-order valence-electron chi connectivity index (χ4n) is 2.52. The molecule has 1 amide bonds. The molecule has 1 heterocycles. The molecule has 0 aliphatic carbocycles. The minimum atomic E-state index is -0.308. The summed E-state index contributed by atoms with van der Waals surface area (Å²) in [6.07, 6.45) is 0.